The van der Waals surface area contributed by atoms with Gasteiger partial charge in [-0.25, -0.2) is 4.98 Å². The Hall–Kier alpha value is -1.73. The molecule has 0 aromatic carbocycles. The monoisotopic (exact) mass is 337 g/mol. The molecule has 0 fully saturated rings. The number of hydrogen-bond donors (Lipinski definition) is 2. The Morgan fingerprint density at radius 3 is 2.86 bits per heavy atom. The quantitative estimate of drug-likeness (QED) is 0.814. The van der Waals surface area contributed by atoms with Crippen LogP contribution in [0.4, 0.5) is 5.13 Å². The van der Waals surface area contributed by atoms with Crippen LogP contribution < -0.4 is 10.6 Å². The van der Waals surface area contributed by atoms with Crippen LogP contribution in [0.15, 0.2) is 22.9 Å². The van der Waals surface area contributed by atoms with Gasteiger partial charge in [0.1, 0.15) is 0 Å². The number of thiophene rings is 1. The molecule has 0 unspecified atom stereocenters. The van der Waals surface area contributed by atoms with Crippen LogP contribution in [0.2, 0.25) is 0 Å². The lowest BCUT2D eigenvalue weighted by molar-refractivity contribution is -0.121. The van der Waals surface area contributed by atoms with Gasteiger partial charge < -0.3 is 5.32 Å². The molecular formula is C15H19N3O2S2. The Bertz CT molecular complexity index is 623. The average molecular weight is 337 g/mol. The first-order valence-electron chi connectivity index (χ1n) is 7.17. The van der Waals surface area contributed by atoms with Crippen molar-refractivity contribution in [3.05, 3.63) is 33.5 Å². The molecule has 2 rings (SSSR count). The molecule has 0 bridgehead atoms. The van der Waals surface area contributed by atoms with E-state index >= 15 is 0 Å². The van der Waals surface area contributed by atoms with E-state index in [1.807, 2.05) is 30.7 Å². The van der Waals surface area contributed by atoms with Gasteiger partial charge in [-0.15, -0.1) is 22.7 Å². The van der Waals surface area contributed by atoms with Crippen LogP contribution in [0.25, 0.3) is 0 Å². The third-order valence-corrected chi connectivity index (χ3v) is 4.82. The van der Waals surface area contributed by atoms with Gasteiger partial charge in [0, 0.05) is 17.8 Å². The van der Waals surface area contributed by atoms with Crippen molar-refractivity contribution in [2.75, 3.05) is 5.32 Å². The molecule has 2 heterocycles. The molecule has 1 atom stereocenters. The summed E-state index contributed by atoms with van der Waals surface area (Å²) in [6.45, 7) is 4.02. The highest BCUT2D eigenvalue weighted by Gasteiger charge is 2.11. The number of nitrogens with one attached hydrogen (secondary N) is 2. The molecule has 0 aliphatic carbocycles. The van der Waals surface area contributed by atoms with E-state index in [2.05, 4.69) is 15.6 Å². The standard InChI is InChI=1S/C15H19N3O2S2/c1-3-10(2)16-13(19)7-6-11-9-22-15(17-11)18-14(20)12-5-4-8-21-12/h4-5,8-10H,3,6-7H2,1-2H3,(H,16,19)(H,17,18,20)/t10-/m1/s1. The number of thiazole rings is 1. The fourth-order valence-electron chi connectivity index (χ4n) is 1.74. The van der Waals surface area contributed by atoms with Gasteiger partial charge in [-0.1, -0.05) is 13.0 Å². The molecule has 5 nitrogen and oxygen atoms in total. The normalized spacial score (nSPS) is 11.9. The minimum Gasteiger partial charge on any atom is -0.354 e. The van der Waals surface area contributed by atoms with Gasteiger partial charge in [0.15, 0.2) is 5.13 Å². The lowest BCUT2D eigenvalue weighted by Crippen LogP contribution is -2.32. The Kier molecular flexibility index (Phi) is 6.09. The molecule has 0 aliphatic heterocycles. The number of rotatable bonds is 7. The molecule has 0 saturated heterocycles. The van der Waals surface area contributed by atoms with Crippen molar-refractivity contribution in [2.45, 2.75) is 39.2 Å². The molecule has 2 aromatic rings. The molecule has 2 N–H and O–H groups in total. The third-order valence-electron chi connectivity index (χ3n) is 3.15. The summed E-state index contributed by atoms with van der Waals surface area (Å²) in [5, 5.41) is 10.00. The zero-order chi connectivity index (χ0) is 15.9. The third kappa shape index (κ3) is 4.92. The number of aryl methyl sites for hydroxylation is 1. The van der Waals surface area contributed by atoms with E-state index in [9.17, 15) is 9.59 Å². The van der Waals surface area contributed by atoms with Crippen LogP contribution in [0, 0.1) is 0 Å². The fourth-order valence-corrected chi connectivity index (χ4v) is 3.10. The molecule has 22 heavy (non-hydrogen) atoms. The Morgan fingerprint density at radius 2 is 2.18 bits per heavy atom. The molecule has 2 aromatic heterocycles. The summed E-state index contributed by atoms with van der Waals surface area (Å²) in [6.07, 6.45) is 1.90. The summed E-state index contributed by atoms with van der Waals surface area (Å²) in [7, 11) is 0. The summed E-state index contributed by atoms with van der Waals surface area (Å²) < 4.78 is 0. The topological polar surface area (TPSA) is 71.1 Å². The van der Waals surface area contributed by atoms with E-state index in [1.165, 1.54) is 22.7 Å². The van der Waals surface area contributed by atoms with Crippen molar-refractivity contribution in [1.82, 2.24) is 10.3 Å². The Balaban J connectivity index is 1.81. The molecule has 118 valence electrons. The van der Waals surface area contributed by atoms with E-state index in [0.717, 1.165) is 12.1 Å². The molecule has 0 aliphatic rings. The van der Waals surface area contributed by atoms with Gasteiger partial charge in [-0.2, -0.15) is 0 Å². The summed E-state index contributed by atoms with van der Waals surface area (Å²) in [5.74, 6) is -0.114. The van der Waals surface area contributed by atoms with Crippen LogP contribution in [-0.2, 0) is 11.2 Å². The summed E-state index contributed by atoms with van der Waals surface area (Å²) >= 11 is 2.77. The zero-order valence-electron chi connectivity index (χ0n) is 12.6. The van der Waals surface area contributed by atoms with Crippen molar-refractivity contribution in [3.63, 3.8) is 0 Å². The van der Waals surface area contributed by atoms with Gasteiger partial charge >= 0.3 is 0 Å². The van der Waals surface area contributed by atoms with E-state index in [1.54, 1.807) is 6.07 Å². The van der Waals surface area contributed by atoms with Crippen molar-refractivity contribution >= 4 is 39.6 Å². The summed E-state index contributed by atoms with van der Waals surface area (Å²) in [5.41, 5.74) is 0.825. The van der Waals surface area contributed by atoms with Crippen molar-refractivity contribution in [1.29, 1.82) is 0 Å². The lowest BCUT2D eigenvalue weighted by Gasteiger charge is -2.10. The Morgan fingerprint density at radius 1 is 1.36 bits per heavy atom. The van der Waals surface area contributed by atoms with Crippen LogP contribution in [-0.4, -0.2) is 22.8 Å². The smallest absolute Gasteiger partial charge is 0.267 e. The highest BCUT2D eigenvalue weighted by molar-refractivity contribution is 7.14. The lowest BCUT2D eigenvalue weighted by atomic mass is 10.2. The maximum atomic E-state index is 11.9. The predicted octanol–water partition coefficient (Wildman–Crippen LogP) is 3.30. The van der Waals surface area contributed by atoms with Crippen molar-refractivity contribution in [3.8, 4) is 0 Å². The van der Waals surface area contributed by atoms with Crippen LogP contribution in [0.3, 0.4) is 0 Å². The number of carbonyl (C=O) groups excluding carboxylic acids is 2. The second-order valence-corrected chi connectivity index (χ2v) is 6.76. The van der Waals surface area contributed by atoms with Crippen LogP contribution >= 0.6 is 22.7 Å². The first-order valence-corrected chi connectivity index (χ1v) is 8.93. The highest BCUT2D eigenvalue weighted by atomic mass is 32.1. The number of aromatic nitrogens is 1. The van der Waals surface area contributed by atoms with Gasteiger partial charge in [-0.05, 0) is 31.2 Å². The van der Waals surface area contributed by atoms with Gasteiger partial charge in [0.25, 0.3) is 5.91 Å². The minimum atomic E-state index is -0.148. The average Bonchev–Trinajstić information content (AvgIpc) is 3.16. The largest absolute Gasteiger partial charge is 0.354 e. The number of nitrogens with zero attached hydrogens (tertiary/aromatic N) is 1. The first-order chi connectivity index (χ1) is 10.6. The molecule has 0 radical (unpaired) electrons. The van der Waals surface area contributed by atoms with Crippen LogP contribution in [0.5, 0.6) is 0 Å². The number of anilines is 1. The van der Waals surface area contributed by atoms with E-state index < -0.39 is 0 Å². The Labute approximate surface area is 137 Å². The minimum absolute atomic E-state index is 0.0338. The number of hydrogen-bond acceptors (Lipinski definition) is 5. The molecular weight excluding hydrogens is 318 g/mol. The molecule has 2 amide bonds. The predicted molar refractivity (Wildman–Crippen MR) is 90.6 cm³/mol. The van der Waals surface area contributed by atoms with Gasteiger partial charge in [-0.3, -0.25) is 14.9 Å². The fraction of sp³-hybridized carbons (Fsp3) is 0.400. The van der Waals surface area contributed by atoms with Gasteiger partial charge in [0.2, 0.25) is 5.91 Å². The van der Waals surface area contributed by atoms with Gasteiger partial charge in [0.05, 0.1) is 10.6 Å². The first kappa shape index (κ1) is 16.6. The maximum Gasteiger partial charge on any atom is 0.267 e. The van der Waals surface area contributed by atoms with Crippen molar-refractivity contribution in [2.24, 2.45) is 0 Å². The van der Waals surface area contributed by atoms with Crippen molar-refractivity contribution < 1.29 is 9.59 Å². The second kappa shape index (κ2) is 8.05. The van der Waals surface area contributed by atoms with E-state index in [-0.39, 0.29) is 17.9 Å². The molecule has 0 saturated carbocycles. The maximum absolute atomic E-state index is 11.9. The molecule has 0 spiro atoms. The molecule has 7 heteroatoms. The SMILES string of the molecule is CC[C@@H](C)NC(=O)CCc1csc(NC(=O)c2cccs2)n1. The van der Waals surface area contributed by atoms with E-state index in [0.29, 0.717) is 22.9 Å². The summed E-state index contributed by atoms with van der Waals surface area (Å²) in [6, 6.07) is 3.81. The van der Waals surface area contributed by atoms with Crippen LogP contribution in [0.1, 0.15) is 42.1 Å². The van der Waals surface area contributed by atoms with E-state index in [4.69, 9.17) is 0 Å². The summed E-state index contributed by atoms with van der Waals surface area (Å²) in [4.78, 5) is 28.6. The number of amides is 2. The highest BCUT2D eigenvalue weighted by Crippen LogP contribution is 2.18. The second-order valence-electron chi connectivity index (χ2n) is 4.95. The zero-order valence-corrected chi connectivity index (χ0v) is 14.2. The number of carbonyl (C=O) groups is 2.